The van der Waals surface area contributed by atoms with Gasteiger partial charge in [0.25, 0.3) is 0 Å². The predicted octanol–water partition coefficient (Wildman–Crippen LogP) is 1.07. The van der Waals surface area contributed by atoms with Gasteiger partial charge in [-0.2, -0.15) is 0 Å². The van der Waals surface area contributed by atoms with Crippen molar-refractivity contribution < 1.29 is 62.6 Å². The van der Waals surface area contributed by atoms with E-state index in [1.54, 1.807) is 20.8 Å². The zero-order valence-electron chi connectivity index (χ0n) is 53.2. The van der Waals surface area contributed by atoms with Crippen LogP contribution in [0.1, 0.15) is 188 Å². The molecule has 25 heteroatoms. The molecule has 2 saturated heterocycles. The first kappa shape index (κ1) is 73.7. The molecule has 0 aromatic rings. The van der Waals surface area contributed by atoms with Crippen LogP contribution in [0.3, 0.4) is 0 Å². The van der Waals surface area contributed by atoms with E-state index in [0.717, 1.165) is 0 Å². The lowest BCUT2D eigenvalue weighted by atomic mass is 9.94. The molecule has 10 atom stereocenters. The van der Waals surface area contributed by atoms with Crippen LogP contribution in [0.4, 0.5) is 0 Å². The molecule has 0 saturated carbocycles. The standard InChI is InChI=1S/C59H104N12O13/c1-18-35(9)45(65-47(75)39(24-25-44(60)74)64-54(82)57(12,13)67-37(11)73)52(80)63-41(30-34(7)8)49(77)68-58(14,15)55(83)71-27-21-23-43(71)51(79)62-40(29-33(5)6)48(76)66-46(36(10)19-2)53(81)69-59(16,17)56(84)70-26-20-22-42(70)50(78)61-38(31-72)28-32(3)4/h32-36,38-43,45-46,72H,18-31H2,1-17H3,(H2,60,74)(H,61,78)(H,62,79)(H,63,80)(H,64,82)(H,65,75)(H,66,76)(H,67,73)(H,68,77)(H,69,81)/t35-,36-,38-,39-,40-,41-,42+,43+,45-,46-/m0/s1. The van der Waals surface area contributed by atoms with Crippen molar-refractivity contribution in [1.29, 1.82) is 0 Å². The number of nitrogens with zero attached hydrogens (tertiary/aromatic N) is 2. The van der Waals surface area contributed by atoms with Crippen molar-refractivity contribution in [1.82, 2.24) is 57.7 Å². The van der Waals surface area contributed by atoms with E-state index in [2.05, 4.69) is 47.9 Å². The number of hydrogen-bond donors (Lipinski definition) is 11. The van der Waals surface area contributed by atoms with Gasteiger partial charge in [-0.05, 0) is 122 Å². The zero-order valence-corrected chi connectivity index (χ0v) is 53.2. The average molecular weight is 1190 g/mol. The van der Waals surface area contributed by atoms with Crippen LogP contribution in [0, 0.1) is 29.6 Å². The first-order valence-electron chi connectivity index (χ1n) is 30.1. The van der Waals surface area contributed by atoms with Crippen LogP contribution in [0.25, 0.3) is 0 Å². The molecule has 0 aromatic carbocycles. The number of rotatable bonds is 33. The van der Waals surface area contributed by atoms with E-state index in [-0.39, 0.29) is 75.5 Å². The number of primary amides is 1. The van der Waals surface area contributed by atoms with Gasteiger partial charge in [-0.25, -0.2) is 0 Å². The van der Waals surface area contributed by atoms with Gasteiger partial charge >= 0.3 is 0 Å². The topological polar surface area (TPSA) is 366 Å². The monoisotopic (exact) mass is 1190 g/mol. The van der Waals surface area contributed by atoms with Crippen molar-refractivity contribution >= 4 is 70.9 Å². The second kappa shape index (κ2) is 32.8. The van der Waals surface area contributed by atoms with Crippen molar-refractivity contribution in [2.75, 3.05) is 19.7 Å². The highest BCUT2D eigenvalue weighted by atomic mass is 16.3. The maximum atomic E-state index is 14.5. The minimum atomic E-state index is -1.65. The molecule has 0 radical (unpaired) electrons. The van der Waals surface area contributed by atoms with Gasteiger partial charge in [0.15, 0.2) is 0 Å². The van der Waals surface area contributed by atoms with E-state index in [0.29, 0.717) is 38.5 Å². The molecule has 0 aromatic heterocycles. The number of amides is 12. The number of likely N-dealkylation sites (tertiary alicyclic amines) is 2. The van der Waals surface area contributed by atoms with Gasteiger partial charge in [-0.3, -0.25) is 57.5 Å². The fourth-order valence-corrected chi connectivity index (χ4v) is 10.5. The van der Waals surface area contributed by atoms with Crippen LogP contribution in [-0.2, 0) is 57.5 Å². The zero-order chi connectivity index (χ0) is 64.4. The third kappa shape index (κ3) is 22.2. The Bertz CT molecular complexity index is 2340. The summed E-state index contributed by atoms with van der Waals surface area (Å²) < 4.78 is 0. The Balaban J connectivity index is 2.32. The summed E-state index contributed by atoms with van der Waals surface area (Å²) in [5, 5.41) is 34.6. The SMILES string of the molecule is CC[C@H](C)[C@H](NC(=O)[C@H](CCC(N)=O)NC(=O)C(C)(C)NC(C)=O)C(=O)N[C@@H](CC(C)C)C(=O)NC(C)(C)C(=O)N1CCC[C@@H]1C(=O)N[C@@H](CC(C)C)C(=O)N[C@H](C(=O)NC(C)(C)C(=O)N1CCC[C@@H]1C(=O)N[C@H](CO)CC(C)C)[C@@H](C)CC. The quantitative estimate of drug-likeness (QED) is 0.0439. The Kier molecular flexibility index (Phi) is 28.7. The van der Waals surface area contributed by atoms with Crippen LogP contribution in [0.15, 0.2) is 0 Å². The second-order valence-corrected chi connectivity index (χ2v) is 26.0. The smallest absolute Gasteiger partial charge is 0.248 e. The van der Waals surface area contributed by atoms with Crippen LogP contribution in [-0.4, -0.2) is 170 Å². The summed E-state index contributed by atoms with van der Waals surface area (Å²) in [6.45, 7) is 28.7. The molecule has 478 valence electrons. The van der Waals surface area contributed by atoms with E-state index in [9.17, 15) is 62.6 Å². The maximum absolute atomic E-state index is 14.5. The molecule has 12 amide bonds. The Morgan fingerprint density at radius 3 is 1.35 bits per heavy atom. The number of carbonyl (C=O) groups excluding carboxylic acids is 12. The molecule has 84 heavy (non-hydrogen) atoms. The molecule has 2 heterocycles. The number of nitrogens with two attached hydrogens (primary N) is 1. The summed E-state index contributed by atoms with van der Waals surface area (Å²) in [5.41, 5.74) is 0.762. The lowest BCUT2D eigenvalue weighted by Crippen LogP contribution is -2.64. The normalized spacial score (nSPS) is 18.5. The van der Waals surface area contributed by atoms with Crippen molar-refractivity contribution in [3.63, 3.8) is 0 Å². The summed E-state index contributed by atoms with van der Waals surface area (Å²) in [6.07, 6.45) is 2.72. The number of carbonyl (C=O) groups is 12. The minimum absolute atomic E-state index is 0.104. The fourth-order valence-electron chi connectivity index (χ4n) is 10.5. The van der Waals surface area contributed by atoms with E-state index < -0.39 is 142 Å². The van der Waals surface area contributed by atoms with E-state index in [1.165, 1.54) is 58.3 Å². The third-order valence-electron chi connectivity index (χ3n) is 15.5. The van der Waals surface area contributed by atoms with E-state index in [4.69, 9.17) is 5.73 Å². The van der Waals surface area contributed by atoms with Crippen LogP contribution in [0.5, 0.6) is 0 Å². The van der Waals surface area contributed by atoms with Gasteiger partial charge in [0, 0.05) is 26.4 Å². The number of aliphatic hydroxyl groups excluding tert-OH is 1. The lowest BCUT2D eigenvalue weighted by molar-refractivity contribution is -0.146. The van der Waals surface area contributed by atoms with E-state index >= 15 is 0 Å². The molecule has 0 aliphatic carbocycles. The van der Waals surface area contributed by atoms with Crippen molar-refractivity contribution in [3.8, 4) is 0 Å². The molecule has 25 nitrogen and oxygen atoms in total. The summed E-state index contributed by atoms with van der Waals surface area (Å²) in [6, 6.07) is -8.49. The fraction of sp³-hybridized carbons (Fsp3) is 0.797. The lowest BCUT2D eigenvalue weighted by Gasteiger charge is -2.36. The van der Waals surface area contributed by atoms with Crippen LogP contribution < -0.4 is 53.6 Å². The van der Waals surface area contributed by atoms with Crippen molar-refractivity contribution in [3.05, 3.63) is 0 Å². The first-order chi connectivity index (χ1) is 38.8. The highest BCUT2D eigenvalue weighted by Crippen LogP contribution is 2.25. The van der Waals surface area contributed by atoms with Crippen LogP contribution >= 0.6 is 0 Å². The maximum Gasteiger partial charge on any atom is 0.248 e. The number of nitrogens with one attached hydrogen (secondary N) is 9. The van der Waals surface area contributed by atoms with Gasteiger partial charge < -0.3 is 68.5 Å². The van der Waals surface area contributed by atoms with Gasteiger partial charge in [0.1, 0.15) is 58.9 Å². The summed E-state index contributed by atoms with van der Waals surface area (Å²) in [4.78, 5) is 167. The molecule has 2 rings (SSSR count). The van der Waals surface area contributed by atoms with Crippen LogP contribution in [0.2, 0.25) is 0 Å². The number of aliphatic hydroxyl groups is 1. The van der Waals surface area contributed by atoms with Crippen molar-refractivity contribution in [2.24, 2.45) is 35.3 Å². The Labute approximate surface area is 497 Å². The highest BCUT2D eigenvalue weighted by Gasteiger charge is 2.46. The second-order valence-electron chi connectivity index (χ2n) is 26.0. The summed E-state index contributed by atoms with van der Waals surface area (Å²) in [5.74, 6) is -8.75. The minimum Gasteiger partial charge on any atom is -0.394 e. The molecule has 2 aliphatic rings. The molecule has 2 aliphatic heterocycles. The van der Waals surface area contributed by atoms with Gasteiger partial charge in [-0.15, -0.1) is 0 Å². The molecular weight excluding hydrogens is 1080 g/mol. The van der Waals surface area contributed by atoms with Crippen molar-refractivity contribution in [2.45, 2.75) is 253 Å². The summed E-state index contributed by atoms with van der Waals surface area (Å²) >= 11 is 0. The average Bonchev–Trinajstić information content (AvgIpc) is 4.30. The predicted molar refractivity (Wildman–Crippen MR) is 316 cm³/mol. The van der Waals surface area contributed by atoms with Gasteiger partial charge in [-0.1, -0.05) is 82.1 Å². The first-order valence-corrected chi connectivity index (χ1v) is 30.1. The molecule has 0 spiro atoms. The Hall–Kier alpha value is -6.40. The van der Waals surface area contributed by atoms with Gasteiger partial charge in [0.2, 0.25) is 70.9 Å². The Morgan fingerprint density at radius 2 is 0.929 bits per heavy atom. The molecule has 0 bridgehead atoms. The molecule has 12 N–H and O–H groups in total. The third-order valence-corrected chi connectivity index (χ3v) is 15.5. The Morgan fingerprint density at radius 1 is 0.512 bits per heavy atom. The molecule has 0 unspecified atom stereocenters. The molecular formula is C59H104N12O13. The number of hydrogen-bond acceptors (Lipinski definition) is 13. The largest absolute Gasteiger partial charge is 0.394 e. The molecule has 2 fully saturated rings. The van der Waals surface area contributed by atoms with Gasteiger partial charge in [0.05, 0.1) is 12.6 Å². The summed E-state index contributed by atoms with van der Waals surface area (Å²) in [7, 11) is 0. The highest BCUT2D eigenvalue weighted by molar-refractivity contribution is 6.01. The van der Waals surface area contributed by atoms with E-state index in [1.807, 2.05) is 48.5 Å².